The molecule has 13 aromatic rings. The van der Waals surface area contributed by atoms with E-state index in [-0.39, 0.29) is 0 Å². The van der Waals surface area contributed by atoms with Crippen molar-refractivity contribution in [1.29, 1.82) is 0 Å². The molecule has 0 fully saturated rings. The zero-order valence-corrected chi connectivity index (χ0v) is 31.1. The summed E-state index contributed by atoms with van der Waals surface area (Å²) in [6, 6.07) is 65.2. The van der Waals surface area contributed by atoms with Crippen LogP contribution in [0.5, 0.6) is 0 Å². The smallest absolute Gasteiger partial charge is 0.237 e. The van der Waals surface area contributed by atoms with E-state index < -0.39 is 0 Å². The van der Waals surface area contributed by atoms with E-state index >= 15 is 0 Å². The molecular weight excluding hydrogens is 707 g/mol. The molecule has 4 aromatic heterocycles. The number of para-hydroxylation sites is 3. The molecule has 0 N–H and O–H groups in total. The summed E-state index contributed by atoms with van der Waals surface area (Å²) >= 11 is 0. The zero-order chi connectivity index (χ0) is 37.9. The molecule has 5 nitrogen and oxygen atoms in total. The van der Waals surface area contributed by atoms with Gasteiger partial charge in [-0.05, 0) is 63.3 Å². The van der Waals surface area contributed by atoms with Crippen LogP contribution in [0.3, 0.4) is 0 Å². The number of pyridine rings is 1. The Morgan fingerprint density at radius 3 is 1.59 bits per heavy atom. The monoisotopic (exact) mass is 737 g/mol. The topological polar surface area (TPSA) is 48.5 Å². The molecule has 0 atom stereocenters. The second kappa shape index (κ2) is 11.8. The minimum Gasteiger partial charge on any atom is -0.309 e. The first-order valence-corrected chi connectivity index (χ1v) is 19.7. The van der Waals surface area contributed by atoms with Crippen LogP contribution in [0.1, 0.15) is 0 Å². The van der Waals surface area contributed by atoms with Crippen molar-refractivity contribution in [3.63, 3.8) is 0 Å². The molecular formula is C53H31N5. The van der Waals surface area contributed by atoms with Crippen LogP contribution in [-0.4, -0.2) is 24.1 Å². The van der Waals surface area contributed by atoms with Crippen LogP contribution in [0.15, 0.2) is 188 Å². The van der Waals surface area contributed by atoms with Crippen molar-refractivity contribution in [3.8, 4) is 22.9 Å². The number of fused-ring (bicyclic) bond motifs is 17. The lowest BCUT2D eigenvalue weighted by atomic mass is 9.89. The lowest BCUT2D eigenvalue weighted by molar-refractivity contribution is 1.01. The number of rotatable bonds is 3. The predicted molar refractivity (Wildman–Crippen MR) is 241 cm³/mol. The van der Waals surface area contributed by atoms with Gasteiger partial charge in [0.25, 0.3) is 0 Å². The summed E-state index contributed by atoms with van der Waals surface area (Å²) in [7, 11) is 0. The van der Waals surface area contributed by atoms with Gasteiger partial charge >= 0.3 is 0 Å². The number of hydrogen-bond acceptors (Lipinski definition) is 3. The summed E-state index contributed by atoms with van der Waals surface area (Å²) in [5, 5.41) is 15.3. The first kappa shape index (κ1) is 31.3. The number of aromatic nitrogens is 5. The second-order valence-electron chi connectivity index (χ2n) is 15.1. The normalized spacial score (nSPS) is 12.1. The maximum absolute atomic E-state index is 5.56. The van der Waals surface area contributed by atoms with Gasteiger partial charge in [0.15, 0.2) is 5.65 Å². The van der Waals surface area contributed by atoms with Gasteiger partial charge in [0.05, 0.1) is 27.8 Å². The van der Waals surface area contributed by atoms with E-state index in [9.17, 15) is 0 Å². The Bertz CT molecular complexity index is 3850. The van der Waals surface area contributed by atoms with Crippen LogP contribution in [0.25, 0.3) is 121 Å². The molecule has 13 rings (SSSR count). The minimum absolute atomic E-state index is 0.591. The number of nitrogens with zero attached hydrogens (tertiary/aromatic N) is 5. The average Bonchev–Trinajstić information content (AvgIpc) is 3.83. The molecule has 0 aliphatic heterocycles. The van der Waals surface area contributed by atoms with Crippen LogP contribution in [-0.2, 0) is 0 Å². The molecule has 0 aliphatic carbocycles. The fourth-order valence-corrected chi connectivity index (χ4v) is 9.84. The summed E-state index contributed by atoms with van der Waals surface area (Å²) < 4.78 is 4.76. The standard InChI is InChI=1S/C53H31N5/c1-2-18-33(19-3-1)57-43-29-12-10-25-40(43)46-48-45(35-21-6-8-23-38(35)50(46)57)36-22-7-9-24-39(36)51-47(48)41-26-11-13-30-44(41)58(51)53-55-49(42-28-15-31-54-52(42)56-53)37-27-14-17-32-16-4-5-20-34(32)37/h1-31H. The van der Waals surface area contributed by atoms with Crippen LogP contribution in [0, 0.1) is 0 Å². The molecule has 58 heavy (non-hydrogen) atoms. The SMILES string of the molecule is c1ccc(-n2c3ccccc3c3c4c(c5ccccc5c32)c2ccccc2c2c4c3ccccc3n2-c2nc(-c3cccc4ccccc34)c3cccnc3n2)cc1. The molecule has 268 valence electrons. The minimum atomic E-state index is 0.591. The summed E-state index contributed by atoms with van der Waals surface area (Å²) in [5.74, 6) is 0.591. The Balaban J connectivity index is 1.29. The summed E-state index contributed by atoms with van der Waals surface area (Å²) in [6.45, 7) is 0. The second-order valence-corrected chi connectivity index (χ2v) is 15.1. The van der Waals surface area contributed by atoms with Crippen LogP contribution in [0.4, 0.5) is 0 Å². The molecule has 5 heteroatoms. The first-order valence-electron chi connectivity index (χ1n) is 19.7. The van der Waals surface area contributed by atoms with Gasteiger partial charge in [-0.25, -0.2) is 9.97 Å². The third-order valence-electron chi connectivity index (χ3n) is 12.1. The van der Waals surface area contributed by atoms with Crippen molar-refractivity contribution >= 4 is 97.7 Å². The van der Waals surface area contributed by atoms with Gasteiger partial charge in [-0.2, -0.15) is 4.98 Å². The van der Waals surface area contributed by atoms with Crippen molar-refractivity contribution in [1.82, 2.24) is 24.1 Å². The van der Waals surface area contributed by atoms with Crippen molar-refractivity contribution < 1.29 is 0 Å². The molecule has 4 heterocycles. The summed E-state index contributed by atoms with van der Waals surface area (Å²) in [6.07, 6.45) is 1.82. The Morgan fingerprint density at radius 2 is 0.879 bits per heavy atom. The Kier molecular flexibility index (Phi) is 6.38. The van der Waals surface area contributed by atoms with Crippen LogP contribution >= 0.6 is 0 Å². The highest BCUT2D eigenvalue weighted by Gasteiger charge is 2.27. The van der Waals surface area contributed by atoms with Crippen molar-refractivity contribution in [2.45, 2.75) is 0 Å². The summed E-state index contributed by atoms with van der Waals surface area (Å²) in [4.78, 5) is 15.7. The molecule has 0 radical (unpaired) electrons. The highest BCUT2D eigenvalue weighted by atomic mass is 15.2. The molecule has 0 unspecified atom stereocenters. The number of benzene rings is 9. The maximum Gasteiger partial charge on any atom is 0.237 e. The van der Waals surface area contributed by atoms with Gasteiger partial charge in [0.1, 0.15) is 0 Å². The molecule has 0 amide bonds. The molecule has 0 spiro atoms. The highest BCUT2D eigenvalue weighted by Crippen LogP contribution is 2.50. The predicted octanol–water partition coefficient (Wildman–Crippen LogP) is 13.5. The fraction of sp³-hybridized carbons (Fsp3) is 0. The van der Waals surface area contributed by atoms with Gasteiger partial charge in [-0.3, -0.25) is 4.57 Å². The van der Waals surface area contributed by atoms with Gasteiger partial charge in [-0.1, -0.05) is 146 Å². The molecule has 0 saturated heterocycles. The van der Waals surface area contributed by atoms with E-state index in [2.05, 4.69) is 185 Å². The largest absolute Gasteiger partial charge is 0.309 e. The number of hydrogen-bond donors (Lipinski definition) is 0. The lowest BCUT2D eigenvalue weighted by Crippen LogP contribution is -2.04. The van der Waals surface area contributed by atoms with E-state index in [1.54, 1.807) is 0 Å². The lowest BCUT2D eigenvalue weighted by Gasteiger charge is -2.16. The van der Waals surface area contributed by atoms with E-state index in [0.717, 1.165) is 54.9 Å². The zero-order valence-electron chi connectivity index (χ0n) is 31.1. The van der Waals surface area contributed by atoms with Crippen molar-refractivity contribution in [2.24, 2.45) is 0 Å². The molecule has 0 saturated carbocycles. The average molecular weight is 738 g/mol. The van der Waals surface area contributed by atoms with E-state index in [1.807, 2.05) is 12.3 Å². The van der Waals surface area contributed by atoms with E-state index in [4.69, 9.17) is 15.0 Å². The van der Waals surface area contributed by atoms with Gasteiger partial charge in [-0.15, -0.1) is 0 Å². The van der Waals surface area contributed by atoms with Crippen LogP contribution < -0.4 is 0 Å². The Morgan fingerprint density at radius 1 is 0.345 bits per heavy atom. The van der Waals surface area contributed by atoms with Crippen molar-refractivity contribution in [2.75, 3.05) is 0 Å². The third-order valence-corrected chi connectivity index (χ3v) is 12.1. The van der Waals surface area contributed by atoms with E-state index in [1.165, 1.54) is 54.1 Å². The Hall–Kier alpha value is -7.89. The maximum atomic E-state index is 5.56. The first-order chi connectivity index (χ1) is 28.8. The van der Waals surface area contributed by atoms with Gasteiger partial charge in [0.2, 0.25) is 5.95 Å². The van der Waals surface area contributed by atoms with Crippen LogP contribution in [0.2, 0.25) is 0 Å². The summed E-state index contributed by atoms with van der Waals surface area (Å²) in [5.41, 5.74) is 8.21. The van der Waals surface area contributed by atoms with Gasteiger partial charge < -0.3 is 4.57 Å². The highest BCUT2D eigenvalue weighted by molar-refractivity contribution is 6.45. The molecule has 0 bridgehead atoms. The quantitative estimate of drug-likeness (QED) is 0.170. The fourth-order valence-electron chi connectivity index (χ4n) is 9.84. The van der Waals surface area contributed by atoms with Crippen molar-refractivity contribution in [3.05, 3.63) is 188 Å². The van der Waals surface area contributed by atoms with E-state index in [0.29, 0.717) is 11.6 Å². The molecule has 9 aromatic carbocycles. The third kappa shape index (κ3) is 4.17. The molecule has 0 aliphatic rings. The van der Waals surface area contributed by atoms with Gasteiger partial charge in [0, 0.05) is 60.5 Å². The Labute approximate surface area is 331 Å².